The molecule has 0 radical (unpaired) electrons. The van der Waals surface area contributed by atoms with Gasteiger partial charge in [-0.15, -0.1) is 0 Å². The van der Waals surface area contributed by atoms with Crippen molar-refractivity contribution in [3.63, 3.8) is 0 Å². The normalized spacial score (nSPS) is 15.9. The fourth-order valence-corrected chi connectivity index (χ4v) is 1.73. The summed E-state index contributed by atoms with van der Waals surface area (Å²) < 4.78 is 0. The molecule has 0 saturated carbocycles. The molecule has 0 aliphatic rings. The van der Waals surface area contributed by atoms with E-state index in [-0.39, 0.29) is 0 Å². The van der Waals surface area contributed by atoms with E-state index in [1.165, 1.54) is 24.8 Å². The van der Waals surface area contributed by atoms with E-state index in [0.29, 0.717) is 5.41 Å². The van der Waals surface area contributed by atoms with E-state index >= 15 is 0 Å². The maximum atomic E-state index is 2.39. The van der Waals surface area contributed by atoms with Crippen LogP contribution in [-0.4, -0.2) is 0 Å². The Balaban J connectivity index is 3.84. The van der Waals surface area contributed by atoms with Gasteiger partial charge < -0.3 is 0 Å². The van der Waals surface area contributed by atoms with E-state index in [4.69, 9.17) is 0 Å². The van der Waals surface area contributed by atoms with Gasteiger partial charge in [0.05, 0.1) is 0 Å². The highest BCUT2D eigenvalue weighted by molar-refractivity contribution is 4.92. The van der Waals surface area contributed by atoms with Crippen LogP contribution in [0.5, 0.6) is 0 Å². The zero-order valence-electron chi connectivity index (χ0n) is 11.9. The number of rotatable bonds is 5. The van der Waals surface area contributed by atoms with Crippen LogP contribution in [0.25, 0.3) is 0 Å². The minimum atomic E-state index is 0.463. The smallest absolute Gasteiger partial charge is 0.0346 e. The van der Waals surface area contributed by atoms with Crippen molar-refractivity contribution < 1.29 is 0 Å². The van der Waals surface area contributed by atoms with E-state index in [9.17, 15) is 0 Å². The lowest BCUT2D eigenvalue weighted by Gasteiger charge is -2.29. The first-order chi connectivity index (χ1) is 6.73. The highest BCUT2D eigenvalue weighted by atomic mass is 14.3. The Kier molecular flexibility index (Phi) is 6.24. The quantitative estimate of drug-likeness (QED) is 0.530. The van der Waals surface area contributed by atoms with Crippen LogP contribution in [0, 0.1) is 17.3 Å². The van der Waals surface area contributed by atoms with Crippen molar-refractivity contribution in [1.29, 1.82) is 0 Å². The van der Waals surface area contributed by atoms with Crippen molar-refractivity contribution in [1.82, 2.24) is 0 Å². The van der Waals surface area contributed by atoms with Crippen molar-refractivity contribution in [3.8, 4) is 0 Å². The Labute approximate surface area is 97.2 Å². The van der Waals surface area contributed by atoms with Crippen LogP contribution < -0.4 is 0 Å². The van der Waals surface area contributed by atoms with E-state index in [0.717, 1.165) is 11.8 Å². The molecule has 0 N–H and O–H groups in total. The predicted molar refractivity (Wildman–Crippen MR) is 71.1 cm³/mol. The van der Waals surface area contributed by atoms with Crippen LogP contribution >= 0.6 is 0 Å². The topological polar surface area (TPSA) is 0 Å². The molecule has 0 aromatic rings. The van der Waals surface area contributed by atoms with Crippen LogP contribution in [0.2, 0.25) is 0 Å². The molecule has 90 valence electrons. The summed E-state index contributed by atoms with van der Waals surface area (Å²) in [6, 6.07) is 0. The molecular formula is C15H30. The summed E-state index contributed by atoms with van der Waals surface area (Å²) in [5, 5.41) is 0. The summed E-state index contributed by atoms with van der Waals surface area (Å²) in [6.07, 6.45) is 6.31. The molecule has 0 rings (SSSR count). The predicted octanol–water partition coefficient (Wildman–Crippen LogP) is 5.44. The third kappa shape index (κ3) is 7.64. The van der Waals surface area contributed by atoms with Gasteiger partial charge in [0, 0.05) is 0 Å². The SMILES string of the molecule is CC(C)=CCCC(C)CC(C)C(C)(C)C. The average Bonchev–Trinajstić information content (AvgIpc) is 2.01. The van der Waals surface area contributed by atoms with E-state index in [2.05, 4.69) is 54.5 Å². The molecule has 0 aromatic heterocycles. The molecule has 0 nitrogen and oxygen atoms in total. The second-order valence-corrected chi connectivity index (χ2v) is 6.47. The zero-order valence-corrected chi connectivity index (χ0v) is 11.9. The average molecular weight is 210 g/mol. The molecule has 0 aromatic carbocycles. The molecule has 0 bridgehead atoms. The molecule has 0 heteroatoms. The number of allylic oxidation sites excluding steroid dienone is 2. The van der Waals surface area contributed by atoms with Gasteiger partial charge in [0.25, 0.3) is 0 Å². The molecule has 0 spiro atoms. The first-order valence-electron chi connectivity index (χ1n) is 6.37. The molecule has 15 heavy (non-hydrogen) atoms. The molecular weight excluding hydrogens is 180 g/mol. The Morgan fingerprint density at radius 1 is 1.13 bits per heavy atom. The van der Waals surface area contributed by atoms with Crippen molar-refractivity contribution in [2.24, 2.45) is 17.3 Å². The second kappa shape index (κ2) is 6.35. The van der Waals surface area contributed by atoms with Gasteiger partial charge in [0.1, 0.15) is 0 Å². The van der Waals surface area contributed by atoms with Crippen LogP contribution in [-0.2, 0) is 0 Å². The van der Waals surface area contributed by atoms with Crippen LogP contribution in [0.3, 0.4) is 0 Å². The summed E-state index contributed by atoms with van der Waals surface area (Å²) in [5.41, 5.74) is 1.91. The van der Waals surface area contributed by atoms with Gasteiger partial charge in [-0.2, -0.15) is 0 Å². The Bertz CT molecular complexity index is 189. The summed E-state index contributed by atoms with van der Waals surface area (Å²) in [4.78, 5) is 0. The van der Waals surface area contributed by atoms with Gasteiger partial charge in [0.2, 0.25) is 0 Å². The van der Waals surface area contributed by atoms with Crippen molar-refractivity contribution >= 4 is 0 Å². The first-order valence-corrected chi connectivity index (χ1v) is 6.37. The van der Waals surface area contributed by atoms with Gasteiger partial charge in [-0.1, -0.05) is 46.3 Å². The molecule has 0 aliphatic heterocycles. The molecule has 2 atom stereocenters. The van der Waals surface area contributed by atoms with Crippen molar-refractivity contribution in [3.05, 3.63) is 11.6 Å². The summed E-state index contributed by atoms with van der Waals surface area (Å²) in [5.74, 6) is 1.68. The van der Waals surface area contributed by atoms with Crippen LogP contribution in [0.15, 0.2) is 11.6 Å². The Morgan fingerprint density at radius 3 is 2.07 bits per heavy atom. The summed E-state index contributed by atoms with van der Waals surface area (Å²) in [7, 11) is 0. The molecule has 0 heterocycles. The monoisotopic (exact) mass is 210 g/mol. The number of hydrogen-bond donors (Lipinski definition) is 0. The zero-order chi connectivity index (χ0) is 12.1. The van der Waals surface area contributed by atoms with Crippen molar-refractivity contribution in [2.75, 3.05) is 0 Å². The van der Waals surface area contributed by atoms with Crippen LogP contribution in [0.1, 0.15) is 67.7 Å². The third-order valence-electron chi connectivity index (χ3n) is 3.45. The lowest BCUT2D eigenvalue weighted by molar-refractivity contribution is 0.215. The van der Waals surface area contributed by atoms with Gasteiger partial charge in [0.15, 0.2) is 0 Å². The highest BCUT2D eigenvalue weighted by Crippen LogP contribution is 2.31. The maximum Gasteiger partial charge on any atom is -0.0346 e. The minimum absolute atomic E-state index is 0.463. The Hall–Kier alpha value is -0.260. The Morgan fingerprint density at radius 2 is 1.67 bits per heavy atom. The second-order valence-electron chi connectivity index (χ2n) is 6.47. The van der Waals surface area contributed by atoms with Gasteiger partial charge in [-0.3, -0.25) is 0 Å². The lowest BCUT2D eigenvalue weighted by Crippen LogP contribution is -2.19. The van der Waals surface area contributed by atoms with Crippen LogP contribution in [0.4, 0.5) is 0 Å². The fraction of sp³-hybridized carbons (Fsp3) is 0.867. The minimum Gasteiger partial charge on any atom is -0.0859 e. The largest absolute Gasteiger partial charge is 0.0859 e. The molecule has 0 amide bonds. The van der Waals surface area contributed by atoms with Gasteiger partial charge in [-0.05, 0) is 50.4 Å². The fourth-order valence-electron chi connectivity index (χ4n) is 1.73. The highest BCUT2D eigenvalue weighted by Gasteiger charge is 2.21. The van der Waals surface area contributed by atoms with E-state index in [1.54, 1.807) is 0 Å². The van der Waals surface area contributed by atoms with Gasteiger partial charge in [-0.25, -0.2) is 0 Å². The number of hydrogen-bond acceptors (Lipinski definition) is 0. The summed E-state index contributed by atoms with van der Waals surface area (Å²) in [6.45, 7) is 16.2. The van der Waals surface area contributed by atoms with Crippen molar-refractivity contribution in [2.45, 2.75) is 67.7 Å². The molecule has 2 unspecified atom stereocenters. The van der Waals surface area contributed by atoms with E-state index in [1.807, 2.05) is 0 Å². The molecule has 0 saturated heterocycles. The summed E-state index contributed by atoms with van der Waals surface area (Å²) >= 11 is 0. The third-order valence-corrected chi connectivity index (χ3v) is 3.45. The molecule has 0 aliphatic carbocycles. The van der Waals surface area contributed by atoms with E-state index < -0.39 is 0 Å². The first kappa shape index (κ1) is 14.7. The maximum absolute atomic E-state index is 2.39. The lowest BCUT2D eigenvalue weighted by atomic mass is 9.76. The molecule has 0 fully saturated rings. The van der Waals surface area contributed by atoms with Gasteiger partial charge >= 0.3 is 0 Å². The standard InChI is InChI=1S/C15H30/c1-12(2)9-8-10-13(3)11-14(4)15(5,6)7/h9,13-14H,8,10-11H2,1-7H3.